The lowest BCUT2D eigenvalue weighted by molar-refractivity contribution is -0.132. The molecule has 4 rings (SSSR count). The predicted molar refractivity (Wildman–Crippen MR) is 127 cm³/mol. The van der Waals surface area contributed by atoms with Crippen molar-refractivity contribution in [2.75, 3.05) is 11.5 Å². The van der Waals surface area contributed by atoms with E-state index in [9.17, 15) is 14.7 Å². The Hall–Kier alpha value is -3.93. The number of amides is 1. The van der Waals surface area contributed by atoms with Gasteiger partial charge in [0.05, 0.1) is 18.2 Å². The van der Waals surface area contributed by atoms with Crippen LogP contribution in [-0.2, 0) is 9.59 Å². The van der Waals surface area contributed by atoms with Crippen molar-refractivity contribution in [3.8, 4) is 5.75 Å². The largest absolute Gasteiger partial charge is 0.507 e. The van der Waals surface area contributed by atoms with E-state index in [0.29, 0.717) is 35.1 Å². The number of rotatable bonds is 6. The molecule has 1 atom stereocenters. The average Bonchev–Trinajstić information content (AvgIpc) is 3.10. The molecule has 1 aliphatic heterocycles. The van der Waals surface area contributed by atoms with Gasteiger partial charge in [0.15, 0.2) is 0 Å². The van der Waals surface area contributed by atoms with Crippen LogP contribution in [0.2, 0.25) is 0 Å². The van der Waals surface area contributed by atoms with Crippen molar-refractivity contribution >= 4 is 23.1 Å². The minimum Gasteiger partial charge on any atom is -0.507 e. The molecule has 2 heterocycles. The molecule has 1 amide bonds. The second-order valence-corrected chi connectivity index (χ2v) is 8.16. The number of aliphatic hydroxyl groups is 1. The van der Waals surface area contributed by atoms with E-state index in [4.69, 9.17) is 4.74 Å². The number of hydrogen-bond acceptors (Lipinski definition) is 5. The normalized spacial score (nSPS) is 17.6. The molecule has 0 spiro atoms. The molecule has 6 nitrogen and oxygen atoms in total. The summed E-state index contributed by atoms with van der Waals surface area (Å²) in [5.41, 5.74) is 2.84. The molecule has 33 heavy (non-hydrogen) atoms. The molecule has 1 aliphatic rings. The predicted octanol–water partition coefficient (Wildman–Crippen LogP) is 5.23. The summed E-state index contributed by atoms with van der Waals surface area (Å²) in [6.45, 7) is 6.52. The topological polar surface area (TPSA) is 79.7 Å². The molecule has 0 bridgehead atoms. The van der Waals surface area contributed by atoms with Gasteiger partial charge in [-0.1, -0.05) is 38.1 Å². The summed E-state index contributed by atoms with van der Waals surface area (Å²) in [5.74, 6) is -0.748. The summed E-state index contributed by atoms with van der Waals surface area (Å²) in [5, 5.41) is 11.2. The van der Waals surface area contributed by atoms with Gasteiger partial charge in [-0.05, 0) is 60.4 Å². The van der Waals surface area contributed by atoms with Gasteiger partial charge >= 0.3 is 0 Å². The Morgan fingerprint density at radius 1 is 1.06 bits per heavy atom. The molecule has 0 radical (unpaired) electrons. The summed E-state index contributed by atoms with van der Waals surface area (Å²) in [7, 11) is 0. The number of carbonyl (C=O) groups is 2. The number of hydrogen-bond donors (Lipinski definition) is 1. The third-order valence-corrected chi connectivity index (χ3v) is 5.72. The maximum Gasteiger partial charge on any atom is 0.300 e. The van der Waals surface area contributed by atoms with Gasteiger partial charge in [-0.3, -0.25) is 19.5 Å². The van der Waals surface area contributed by atoms with Crippen molar-refractivity contribution < 1.29 is 19.4 Å². The fourth-order valence-corrected chi connectivity index (χ4v) is 4.04. The molecular formula is C27H26N2O4. The van der Waals surface area contributed by atoms with Crippen LogP contribution in [0.25, 0.3) is 5.76 Å². The first-order valence-corrected chi connectivity index (χ1v) is 11.0. The van der Waals surface area contributed by atoms with E-state index in [1.807, 2.05) is 31.2 Å². The summed E-state index contributed by atoms with van der Waals surface area (Å²) in [6.07, 6.45) is 3.21. The number of pyridine rings is 1. The van der Waals surface area contributed by atoms with E-state index in [-0.39, 0.29) is 11.3 Å². The van der Waals surface area contributed by atoms with Crippen LogP contribution in [0.5, 0.6) is 5.75 Å². The van der Waals surface area contributed by atoms with Gasteiger partial charge in [-0.15, -0.1) is 0 Å². The molecule has 1 unspecified atom stereocenters. The molecular weight excluding hydrogens is 416 g/mol. The molecule has 0 aliphatic carbocycles. The van der Waals surface area contributed by atoms with Crippen molar-refractivity contribution in [3.63, 3.8) is 0 Å². The summed E-state index contributed by atoms with van der Waals surface area (Å²) in [4.78, 5) is 31.9. The zero-order valence-electron chi connectivity index (χ0n) is 18.9. The number of aromatic nitrogens is 1. The quantitative estimate of drug-likeness (QED) is 0.321. The number of Topliss-reactive ketones (excluding diaryl/α,β-unsaturated/α-hetero) is 1. The number of aliphatic hydroxyl groups excluding tert-OH is 1. The number of anilines is 1. The van der Waals surface area contributed by atoms with Gasteiger partial charge in [0, 0.05) is 23.6 Å². The van der Waals surface area contributed by atoms with Crippen LogP contribution in [0.3, 0.4) is 0 Å². The van der Waals surface area contributed by atoms with Gasteiger partial charge in [-0.25, -0.2) is 0 Å². The minimum atomic E-state index is -0.784. The van der Waals surface area contributed by atoms with E-state index in [0.717, 1.165) is 5.56 Å². The van der Waals surface area contributed by atoms with E-state index in [1.165, 1.54) is 4.90 Å². The van der Waals surface area contributed by atoms with Gasteiger partial charge in [0.25, 0.3) is 11.7 Å². The highest BCUT2D eigenvalue weighted by molar-refractivity contribution is 6.51. The van der Waals surface area contributed by atoms with Crippen molar-refractivity contribution in [2.45, 2.75) is 32.7 Å². The Bertz CT molecular complexity index is 1200. The number of nitrogens with zero attached hydrogens (tertiary/aromatic N) is 2. The van der Waals surface area contributed by atoms with Crippen molar-refractivity contribution in [3.05, 3.63) is 95.3 Å². The lowest BCUT2D eigenvalue weighted by atomic mass is 9.95. The highest BCUT2D eigenvalue weighted by atomic mass is 16.5. The molecule has 1 fully saturated rings. The first-order chi connectivity index (χ1) is 15.9. The fraction of sp³-hybridized carbons (Fsp3) is 0.222. The molecule has 1 saturated heterocycles. The van der Waals surface area contributed by atoms with Gasteiger partial charge in [-0.2, -0.15) is 0 Å². The zero-order chi connectivity index (χ0) is 23.5. The standard InChI is InChI=1S/C27H26N2O4/c1-4-33-22-7-5-6-20(16-22)25(30)23-24(19-12-14-28-15-13-19)29(27(32)26(23)31)21-10-8-18(9-11-21)17(2)3/h5-17,24,30H,4H2,1-3H3/b25-23-. The third-order valence-electron chi connectivity index (χ3n) is 5.72. The SMILES string of the molecule is CCOc1cccc(/C(O)=C2/C(=O)C(=O)N(c3ccc(C(C)C)cc3)C2c2ccncc2)c1. The first kappa shape index (κ1) is 22.3. The minimum absolute atomic E-state index is 0.0350. The Morgan fingerprint density at radius 2 is 1.76 bits per heavy atom. The van der Waals surface area contributed by atoms with Crippen LogP contribution in [0, 0.1) is 0 Å². The Labute approximate surface area is 193 Å². The smallest absolute Gasteiger partial charge is 0.300 e. The molecule has 1 aromatic heterocycles. The van der Waals surface area contributed by atoms with Crippen LogP contribution in [0.4, 0.5) is 5.69 Å². The summed E-state index contributed by atoms with van der Waals surface area (Å²) >= 11 is 0. The third kappa shape index (κ3) is 4.24. The highest BCUT2D eigenvalue weighted by Gasteiger charge is 2.47. The van der Waals surface area contributed by atoms with E-state index in [1.54, 1.807) is 48.8 Å². The van der Waals surface area contributed by atoms with Crippen LogP contribution in [0.15, 0.2) is 78.6 Å². The van der Waals surface area contributed by atoms with Crippen molar-refractivity contribution in [1.29, 1.82) is 0 Å². The van der Waals surface area contributed by atoms with Crippen LogP contribution in [-0.4, -0.2) is 28.4 Å². The maximum absolute atomic E-state index is 13.2. The fourth-order valence-electron chi connectivity index (χ4n) is 4.04. The summed E-state index contributed by atoms with van der Waals surface area (Å²) < 4.78 is 5.54. The van der Waals surface area contributed by atoms with Gasteiger partial charge in [0.1, 0.15) is 11.5 Å². The molecule has 1 N–H and O–H groups in total. The van der Waals surface area contributed by atoms with Crippen LogP contribution >= 0.6 is 0 Å². The van der Waals surface area contributed by atoms with Gasteiger partial charge in [0.2, 0.25) is 0 Å². The van der Waals surface area contributed by atoms with E-state index in [2.05, 4.69) is 18.8 Å². The lowest BCUT2D eigenvalue weighted by Crippen LogP contribution is -2.29. The monoisotopic (exact) mass is 442 g/mol. The second kappa shape index (κ2) is 9.28. The zero-order valence-corrected chi connectivity index (χ0v) is 18.9. The second-order valence-electron chi connectivity index (χ2n) is 8.16. The molecule has 0 saturated carbocycles. The van der Waals surface area contributed by atoms with Crippen molar-refractivity contribution in [2.24, 2.45) is 0 Å². The maximum atomic E-state index is 13.2. The molecule has 168 valence electrons. The van der Waals surface area contributed by atoms with E-state index < -0.39 is 17.7 Å². The number of benzene rings is 2. The molecule has 3 aromatic rings. The van der Waals surface area contributed by atoms with E-state index >= 15 is 0 Å². The Kier molecular flexibility index (Phi) is 6.27. The number of ketones is 1. The Morgan fingerprint density at radius 3 is 2.39 bits per heavy atom. The highest BCUT2D eigenvalue weighted by Crippen LogP contribution is 2.42. The summed E-state index contributed by atoms with van der Waals surface area (Å²) in [6, 6.07) is 17.1. The number of ether oxygens (including phenoxy) is 1. The van der Waals surface area contributed by atoms with Crippen molar-refractivity contribution in [1.82, 2.24) is 4.98 Å². The first-order valence-electron chi connectivity index (χ1n) is 11.0. The lowest BCUT2D eigenvalue weighted by Gasteiger charge is -2.25. The number of carbonyl (C=O) groups excluding carboxylic acids is 2. The molecule has 2 aromatic carbocycles. The molecule has 6 heteroatoms. The van der Waals surface area contributed by atoms with Gasteiger partial charge < -0.3 is 9.84 Å². The Balaban J connectivity index is 1.88. The van der Waals surface area contributed by atoms with Crippen LogP contribution < -0.4 is 9.64 Å². The average molecular weight is 443 g/mol. The van der Waals surface area contributed by atoms with Crippen LogP contribution in [0.1, 0.15) is 49.4 Å².